The van der Waals surface area contributed by atoms with E-state index in [4.69, 9.17) is 22.1 Å². The minimum absolute atomic E-state index is 0.0913. The van der Waals surface area contributed by atoms with E-state index in [0.29, 0.717) is 24.0 Å². The van der Waals surface area contributed by atoms with Crippen LogP contribution in [0.2, 0.25) is 5.02 Å². The second-order valence-electron chi connectivity index (χ2n) is 6.00. The Morgan fingerprint density at radius 1 is 1.35 bits per heavy atom. The number of alkyl halides is 2. The van der Waals surface area contributed by atoms with E-state index in [1.807, 2.05) is 18.2 Å². The van der Waals surface area contributed by atoms with Crippen molar-refractivity contribution in [3.8, 4) is 6.01 Å². The van der Waals surface area contributed by atoms with Crippen LogP contribution in [0.5, 0.6) is 6.01 Å². The highest BCUT2D eigenvalue weighted by molar-refractivity contribution is 6.31. The van der Waals surface area contributed by atoms with Crippen LogP contribution in [-0.2, 0) is 6.54 Å². The average Bonchev–Trinajstić information content (AvgIpc) is 2.96. The molecule has 2 heterocycles. The summed E-state index contributed by atoms with van der Waals surface area (Å²) in [5.74, 6) is -2.18. The van der Waals surface area contributed by atoms with Gasteiger partial charge in [-0.2, -0.15) is 9.97 Å². The number of rotatable bonds is 6. The largest absolute Gasteiger partial charge is 0.464 e. The molecule has 1 saturated heterocycles. The van der Waals surface area contributed by atoms with E-state index >= 15 is 0 Å². The van der Waals surface area contributed by atoms with Crippen molar-refractivity contribution >= 4 is 28.9 Å². The van der Waals surface area contributed by atoms with Crippen LogP contribution in [-0.4, -0.2) is 35.6 Å². The van der Waals surface area contributed by atoms with E-state index in [0.717, 1.165) is 5.56 Å². The van der Waals surface area contributed by atoms with Crippen molar-refractivity contribution in [3.63, 3.8) is 0 Å². The van der Waals surface area contributed by atoms with E-state index in [1.54, 1.807) is 13.0 Å². The molecule has 0 amide bonds. The molecule has 26 heavy (non-hydrogen) atoms. The van der Waals surface area contributed by atoms with Gasteiger partial charge < -0.3 is 20.7 Å². The zero-order valence-corrected chi connectivity index (χ0v) is 15.1. The number of nitrogens with zero attached hydrogens (tertiary/aromatic N) is 3. The fourth-order valence-electron chi connectivity index (χ4n) is 2.74. The molecule has 1 aromatic heterocycles. The van der Waals surface area contributed by atoms with Gasteiger partial charge in [0.15, 0.2) is 11.6 Å². The van der Waals surface area contributed by atoms with Crippen LogP contribution in [0.1, 0.15) is 18.9 Å². The van der Waals surface area contributed by atoms with Gasteiger partial charge in [0.2, 0.25) is 0 Å². The third-order valence-electron chi connectivity index (χ3n) is 4.05. The highest BCUT2D eigenvalue weighted by atomic mass is 35.5. The highest BCUT2D eigenvalue weighted by Gasteiger charge is 2.39. The molecule has 0 bridgehead atoms. The molecule has 0 spiro atoms. The van der Waals surface area contributed by atoms with Crippen molar-refractivity contribution in [3.05, 3.63) is 34.9 Å². The fourth-order valence-corrected chi connectivity index (χ4v) is 2.95. The summed E-state index contributed by atoms with van der Waals surface area (Å²) in [6, 6.07) is 7.46. The number of nitrogen functional groups attached to an aromatic ring is 1. The summed E-state index contributed by atoms with van der Waals surface area (Å²) in [5.41, 5.74) is 7.22. The van der Waals surface area contributed by atoms with Crippen molar-refractivity contribution < 1.29 is 13.5 Å². The van der Waals surface area contributed by atoms with Gasteiger partial charge >= 0.3 is 6.01 Å². The maximum Gasteiger partial charge on any atom is 0.320 e. The molecular weight excluding hydrogens is 364 g/mol. The first kappa shape index (κ1) is 18.4. The molecular formula is C17H20ClF2N5O. The first-order chi connectivity index (χ1) is 12.4. The summed E-state index contributed by atoms with van der Waals surface area (Å²) in [7, 11) is 0. The number of nitrogens with one attached hydrogen (secondary N) is 1. The van der Waals surface area contributed by atoms with E-state index in [1.165, 1.54) is 4.90 Å². The molecule has 1 aliphatic heterocycles. The molecule has 1 fully saturated rings. The quantitative estimate of drug-likeness (QED) is 0.794. The van der Waals surface area contributed by atoms with Crippen molar-refractivity contribution in [2.75, 3.05) is 35.6 Å². The Bertz CT molecular complexity index is 790. The van der Waals surface area contributed by atoms with Gasteiger partial charge in [0.25, 0.3) is 5.92 Å². The number of halogens is 3. The first-order valence-corrected chi connectivity index (χ1v) is 8.68. The molecule has 3 N–H and O–H groups in total. The lowest BCUT2D eigenvalue weighted by Crippen LogP contribution is -2.27. The van der Waals surface area contributed by atoms with Crippen molar-refractivity contribution in [2.45, 2.75) is 25.8 Å². The second-order valence-corrected chi connectivity index (χ2v) is 6.40. The van der Waals surface area contributed by atoms with Crippen molar-refractivity contribution in [1.29, 1.82) is 0 Å². The van der Waals surface area contributed by atoms with E-state index in [9.17, 15) is 8.78 Å². The minimum atomic E-state index is -2.76. The summed E-state index contributed by atoms with van der Waals surface area (Å²) in [5, 5.41) is 3.71. The van der Waals surface area contributed by atoms with Gasteiger partial charge in [-0.15, -0.1) is 0 Å². The van der Waals surface area contributed by atoms with Crippen LogP contribution < -0.4 is 20.7 Å². The number of hydrogen-bond donors (Lipinski definition) is 2. The number of benzene rings is 1. The van der Waals surface area contributed by atoms with E-state index in [2.05, 4.69) is 15.3 Å². The summed E-state index contributed by atoms with van der Waals surface area (Å²) in [6.45, 7) is 2.26. The molecule has 6 nitrogen and oxygen atoms in total. The molecule has 0 atom stereocenters. The summed E-state index contributed by atoms with van der Waals surface area (Å²) in [6.07, 6.45) is -0.233. The van der Waals surface area contributed by atoms with Crippen LogP contribution in [0, 0.1) is 0 Å². The van der Waals surface area contributed by atoms with E-state index in [-0.39, 0.29) is 30.5 Å². The Kier molecular flexibility index (Phi) is 5.31. The zero-order chi connectivity index (χ0) is 18.7. The van der Waals surface area contributed by atoms with Gasteiger partial charge in [-0.25, -0.2) is 8.78 Å². The predicted octanol–water partition coefficient (Wildman–Crippen LogP) is 3.57. The Morgan fingerprint density at radius 2 is 2.12 bits per heavy atom. The fraction of sp³-hybridized carbons (Fsp3) is 0.412. The van der Waals surface area contributed by atoms with Crippen LogP contribution in [0.4, 0.5) is 26.1 Å². The molecule has 2 aromatic rings. The van der Waals surface area contributed by atoms with Crippen LogP contribution in [0.25, 0.3) is 0 Å². The molecule has 9 heteroatoms. The SMILES string of the molecule is CCOc1nc(NCc2ccccc2Cl)c(N)c(N2CCC(F)(F)C2)n1. The maximum atomic E-state index is 13.6. The average molecular weight is 384 g/mol. The first-order valence-electron chi connectivity index (χ1n) is 8.30. The van der Waals surface area contributed by atoms with Crippen LogP contribution >= 0.6 is 11.6 Å². The molecule has 0 unspecified atom stereocenters. The van der Waals surface area contributed by atoms with Crippen molar-refractivity contribution in [1.82, 2.24) is 9.97 Å². The second kappa shape index (κ2) is 7.49. The number of nitrogens with two attached hydrogens (primary N) is 1. The maximum absolute atomic E-state index is 13.6. The lowest BCUT2D eigenvalue weighted by atomic mass is 10.2. The molecule has 3 rings (SSSR count). The molecule has 140 valence electrons. The van der Waals surface area contributed by atoms with E-state index < -0.39 is 12.5 Å². The van der Waals surface area contributed by atoms with Gasteiger partial charge in [-0.3, -0.25) is 0 Å². The standard InChI is InChI=1S/C17H20ClF2N5O/c1-2-26-16-23-14(22-9-11-5-3-4-6-12(11)18)13(21)15(24-16)25-8-7-17(19,20)10-25/h3-6H,2,7-10,21H2,1H3,(H,22,23,24). The lowest BCUT2D eigenvalue weighted by molar-refractivity contribution is 0.0256. The molecule has 0 radical (unpaired) electrons. The Balaban J connectivity index is 1.88. The number of ether oxygens (including phenoxy) is 1. The van der Waals surface area contributed by atoms with Gasteiger partial charge in [0.1, 0.15) is 5.69 Å². The molecule has 0 aliphatic carbocycles. The van der Waals surface area contributed by atoms with Crippen LogP contribution in [0.15, 0.2) is 24.3 Å². The van der Waals surface area contributed by atoms with Crippen molar-refractivity contribution in [2.24, 2.45) is 0 Å². The van der Waals surface area contributed by atoms with Gasteiger partial charge in [0, 0.05) is 24.5 Å². The Labute approximate surface area is 155 Å². The number of aromatic nitrogens is 2. The topological polar surface area (TPSA) is 76.3 Å². The molecule has 0 saturated carbocycles. The third-order valence-corrected chi connectivity index (χ3v) is 4.42. The summed E-state index contributed by atoms with van der Waals surface area (Å²) < 4.78 is 32.5. The van der Waals surface area contributed by atoms with Gasteiger partial charge in [0.05, 0.1) is 13.2 Å². The summed E-state index contributed by atoms with van der Waals surface area (Å²) in [4.78, 5) is 9.92. The number of hydrogen-bond acceptors (Lipinski definition) is 6. The highest BCUT2D eigenvalue weighted by Crippen LogP contribution is 2.36. The van der Waals surface area contributed by atoms with Crippen LogP contribution in [0.3, 0.4) is 0 Å². The Morgan fingerprint density at radius 3 is 2.77 bits per heavy atom. The zero-order valence-electron chi connectivity index (χ0n) is 14.3. The monoisotopic (exact) mass is 383 g/mol. The third kappa shape index (κ3) is 4.07. The summed E-state index contributed by atoms with van der Waals surface area (Å²) >= 11 is 6.16. The lowest BCUT2D eigenvalue weighted by Gasteiger charge is -2.21. The Hall–Kier alpha value is -2.35. The predicted molar refractivity (Wildman–Crippen MR) is 98.2 cm³/mol. The molecule has 1 aromatic carbocycles. The smallest absolute Gasteiger partial charge is 0.320 e. The molecule has 1 aliphatic rings. The number of anilines is 3. The minimum Gasteiger partial charge on any atom is -0.464 e. The van der Waals surface area contributed by atoms with Gasteiger partial charge in [-0.05, 0) is 18.6 Å². The normalized spacial score (nSPS) is 15.9. The van der Waals surface area contributed by atoms with Gasteiger partial charge in [-0.1, -0.05) is 29.8 Å².